The molecule has 0 aliphatic carbocycles. The molecule has 0 heterocycles. The van der Waals surface area contributed by atoms with E-state index in [0.29, 0.717) is 6.61 Å². The summed E-state index contributed by atoms with van der Waals surface area (Å²) >= 11 is 3.83. The van der Waals surface area contributed by atoms with Gasteiger partial charge in [-0.3, -0.25) is 0 Å². The van der Waals surface area contributed by atoms with Gasteiger partial charge < -0.3 is 9.47 Å². The monoisotopic (exact) mass is 408 g/mol. The Labute approximate surface area is 163 Å². The third-order valence-corrected chi connectivity index (χ3v) is 4.93. The van der Waals surface area contributed by atoms with Crippen LogP contribution in [0.4, 0.5) is 0 Å². The molecular formula is C23H21BrO2. The summed E-state index contributed by atoms with van der Waals surface area (Å²) in [5.74, 6) is 1.72. The second-order valence-electron chi connectivity index (χ2n) is 5.74. The van der Waals surface area contributed by atoms with Crippen LogP contribution in [0.25, 0.3) is 10.1 Å². The fourth-order valence-electron chi connectivity index (χ4n) is 2.79. The number of methoxy groups -OCH3 is 1. The van der Waals surface area contributed by atoms with Crippen LogP contribution in [0.1, 0.15) is 23.6 Å². The largest absolute Gasteiger partial charge is 0.497 e. The number of halogens is 1. The zero-order valence-corrected chi connectivity index (χ0v) is 16.5. The van der Waals surface area contributed by atoms with Gasteiger partial charge in [-0.15, -0.1) is 0 Å². The minimum atomic E-state index is 0.664. The van der Waals surface area contributed by atoms with Crippen molar-refractivity contribution in [2.75, 3.05) is 13.7 Å². The first-order chi connectivity index (χ1) is 12.7. The van der Waals surface area contributed by atoms with Crippen LogP contribution in [0.5, 0.6) is 11.5 Å². The quantitative estimate of drug-likeness (QED) is 0.438. The molecule has 0 atom stereocenters. The maximum absolute atomic E-state index is 5.55. The molecule has 26 heavy (non-hydrogen) atoms. The molecule has 0 unspecified atom stereocenters. The molecule has 0 aliphatic rings. The molecule has 3 rings (SSSR count). The van der Waals surface area contributed by atoms with E-state index >= 15 is 0 Å². The van der Waals surface area contributed by atoms with Crippen molar-refractivity contribution in [3.8, 4) is 11.5 Å². The predicted octanol–water partition coefficient (Wildman–Crippen LogP) is 6.41. The summed E-state index contributed by atoms with van der Waals surface area (Å²) in [4.78, 5) is 0. The lowest BCUT2D eigenvalue weighted by Gasteiger charge is -2.14. The summed E-state index contributed by atoms with van der Waals surface area (Å²) in [6.07, 6.45) is 0. The molecule has 0 aliphatic heterocycles. The van der Waals surface area contributed by atoms with E-state index in [1.54, 1.807) is 7.11 Å². The Morgan fingerprint density at radius 3 is 1.85 bits per heavy atom. The fraction of sp³-hybridized carbons (Fsp3) is 0.130. The highest BCUT2D eigenvalue weighted by atomic mass is 79.9. The number of ether oxygens (including phenoxy) is 2. The summed E-state index contributed by atoms with van der Waals surface area (Å²) in [5.41, 5.74) is 4.51. The molecule has 132 valence electrons. The Hall–Kier alpha value is -2.52. The van der Waals surface area contributed by atoms with Crippen molar-refractivity contribution in [3.05, 3.63) is 95.6 Å². The molecule has 2 nitrogen and oxygen atoms in total. The van der Waals surface area contributed by atoms with Crippen molar-refractivity contribution in [2.24, 2.45) is 0 Å². The average Bonchev–Trinajstić information content (AvgIpc) is 2.70. The number of rotatable bonds is 6. The Bertz CT molecular complexity index is 866. The molecule has 0 saturated heterocycles. The Morgan fingerprint density at radius 1 is 0.731 bits per heavy atom. The van der Waals surface area contributed by atoms with E-state index in [-0.39, 0.29) is 0 Å². The van der Waals surface area contributed by atoms with Crippen LogP contribution in [0.15, 0.2) is 78.9 Å². The van der Waals surface area contributed by atoms with Gasteiger partial charge in [0.2, 0.25) is 0 Å². The van der Waals surface area contributed by atoms with Crippen LogP contribution >= 0.6 is 15.9 Å². The lowest BCUT2D eigenvalue weighted by Crippen LogP contribution is -1.93. The Morgan fingerprint density at radius 2 is 1.27 bits per heavy atom. The van der Waals surface area contributed by atoms with E-state index < -0.39 is 0 Å². The molecule has 3 aromatic carbocycles. The molecule has 0 bridgehead atoms. The van der Waals surface area contributed by atoms with Gasteiger partial charge in [-0.1, -0.05) is 54.6 Å². The molecule has 0 aromatic heterocycles. The third-order valence-electron chi connectivity index (χ3n) is 4.08. The first-order valence-corrected chi connectivity index (χ1v) is 9.35. The van der Waals surface area contributed by atoms with Crippen LogP contribution in [0.2, 0.25) is 0 Å². The second-order valence-corrected chi connectivity index (χ2v) is 6.53. The van der Waals surface area contributed by atoms with Crippen LogP contribution in [0.3, 0.4) is 0 Å². The summed E-state index contributed by atoms with van der Waals surface area (Å²) < 4.78 is 11.9. The summed E-state index contributed by atoms with van der Waals surface area (Å²) in [7, 11) is 1.68. The van der Waals surface area contributed by atoms with Crippen molar-refractivity contribution >= 4 is 26.0 Å². The van der Waals surface area contributed by atoms with Gasteiger partial charge in [0.05, 0.1) is 13.7 Å². The zero-order valence-electron chi connectivity index (χ0n) is 14.9. The molecule has 0 saturated carbocycles. The van der Waals surface area contributed by atoms with Gasteiger partial charge in [0.1, 0.15) is 11.5 Å². The van der Waals surface area contributed by atoms with Gasteiger partial charge in [-0.2, -0.15) is 0 Å². The molecule has 3 aromatic rings. The number of hydrogen-bond acceptors (Lipinski definition) is 2. The molecule has 3 heteroatoms. The zero-order chi connectivity index (χ0) is 18.4. The summed E-state index contributed by atoms with van der Waals surface area (Å²) in [5, 5.41) is 0. The van der Waals surface area contributed by atoms with Crippen LogP contribution in [0, 0.1) is 0 Å². The molecule has 0 radical (unpaired) electrons. The van der Waals surface area contributed by atoms with Crippen LogP contribution < -0.4 is 9.47 Å². The highest BCUT2D eigenvalue weighted by molar-refractivity contribution is 9.15. The molecule has 0 amide bonds. The van der Waals surface area contributed by atoms with Crippen molar-refractivity contribution in [1.29, 1.82) is 0 Å². The molecule has 0 spiro atoms. The highest BCUT2D eigenvalue weighted by Gasteiger charge is 2.12. The normalized spacial score (nSPS) is 11.7. The maximum atomic E-state index is 5.55. The molecule has 0 N–H and O–H groups in total. The maximum Gasteiger partial charge on any atom is 0.119 e. The minimum Gasteiger partial charge on any atom is -0.497 e. The number of hydrogen-bond donors (Lipinski definition) is 0. The van der Waals surface area contributed by atoms with E-state index in [1.807, 2.05) is 37.3 Å². The predicted molar refractivity (Wildman–Crippen MR) is 112 cm³/mol. The van der Waals surface area contributed by atoms with Gasteiger partial charge in [0, 0.05) is 10.1 Å². The summed E-state index contributed by atoms with van der Waals surface area (Å²) in [6, 6.07) is 26.6. The second kappa shape index (κ2) is 8.72. The van der Waals surface area contributed by atoms with Crippen molar-refractivity contribution in [3.63, 3.8) is 0 Å². The lowest BCUT2D eigenvalue weighted by atomic mass is 9.95. The Balaban J connectivity index is 2.10. The highest BCUT2D eigenvalue weighted by Crippen LogP contribution is 2.37. The van der Waals surface area contributed by atoms with Gasteiger partial charge in [-0.05, 0) is 63.8 Å². The van der Waals surface area contributed by atoms with Crippen LogP contribution in [-0.4, -0.2) is 13.7 Å². The van der Waals surface area contributed by atoms with Gasteiger partial charge in [-0.25, -0.2) is 0 Å². The molecule has 0 fully saturated rings. The topological polar surface area (TPSA) is 18.5 Å². The van der Waals surface area contributed by atoms with Gasteiger partial charge >= 0.3 is 0 Å². The summed E-state index contributed by atoms with van der Waals surface area (Å²) in [6.45, 7) is 2.65. The van der Waals surface area contributed by atoms with E-state index in [9.17, 15) is 0 Å². The van der Waals surface area contributed by atoms with Crippen molar-refractivity contribution < 1.29 is 9.47 Å². The van der Waals surface area contributed by atoms with Crippen molar-refractivity contribution in [1.82, 2.24) is 0 Å². The smallest absolute Gasteiger partial charge is 0.119 e. The Kier molecular flexibility index (Phi) is 6.13. The van der Waals surface area contributed by atoms with Gasteiger partial charge in [0.15, 0.2) is 0 Å². The number of benzene rings is 3. The van der Waals surface area contributed by atoms with Crippen molar-refractivity contribution in [2.45, 2.75) is 6.92 Å². The van der Waals surface area contributed by atoms with E-state index in [1.165, 1.54) is 0 Å². The van der Waals surface area contributed by atoms with Gasteiger partial charge in [0.25, 0.3) is 0 Å². The van der Waals surface area contributed by atoms with E-state index in [0.717, 1.165) is 38.2 Å². The first kappa shape index (κ1) is 18.3. The average molecular weight is 409 g/mol. The van der Waals surface area contributed by atoms with E-state index in [4.69, 9.17) is 9.47 Å². The standard InChI is InChI=1S/C23H21BrO2/c1-3-26-21-15-11-19(12-16-21)23(24)22(17-7-5-4-6-8-17)18-9-13-20(25-2)14-10-18/h4-16H,3H2,1-2H3/b23-22+. The van der Waals surface area contributed by atoms with E-state index in [2.05, 4.69) is 64.5 Å². The molecular weight excluding hydrogens is 388 g/mol. The first-order valence-electron chi connectivity index (χ1n) is 8.55. The van der Waals surface area contributed by atoms with Crippen LogP contribution in [-0.2, 0) is 0 Å². The third kappa shape index (κ3) is 4.17. The SMILES string of the molecule is CCOc1ccc(/C(Br)=C(/c2ccccc2)c2ccc(OC)cc2)cc1. The minimum absolute atomic E-state index is 0.664. The lowest BCUT2D eigenvalue weighted by molar-refractivity contribution is 0.340. The fourth-order valence-corrected chi connectivity index (χ4v) is 3.51.